The number of ether oxygens (including phenoxy) is 1. The van der Waals surface area contributed by atoms with Crippen molar-refractivity contribution in [2.75, 3.05) is 49.6 Å². The molecule has 1 aliphatic carbocycles. The van der Waals surface area contributed by atoms with E-state index in [1.54, 1.807) is 12.3 Å². The molecule has 0 aromatic carbocycles. The van der Waals surface area contributed by atoms with Gasteiger partial charge in [0, 0.05) is 61.0 Å². The van der Waals surface area contributed by atoms with Crippen molar-refractivity contribution >= 4 is 22.8 Å². The Balaban J connectivity index is 1.36. The number of aromatic nitrogens is 4. The molecule has 0 amide bonds. The zero-order valence-corrected chi connectivity index (χ0v) is 17.9. The summed E-state index contributed by atoms with van der Waals surface area (Å²) in [4.78, 5) is 18.1. The van der Waals surface area contributed by atoms with Gasteiger partial charge >= 0.3 is 6.18 Å². The monoisotopic (exact) mass is 459 g/mol. The number of fused-ring (bicyclic) bond motifs is 1. The van der Waals surface area contributed by atoms with Crippen LogP contribution >= 0.6 is 0 Å². The van der Waals surface area contributed by atoms with E-state index < -0.39 is 11.7 Å². The highest BCUT2D eigenvalue weighted by Crippen LogP contribution is 2.46. The number of nitrogens with one attached hydrogen (secondary N) is 3. The van der Waals surface area contributed by atoms with E-state index in [9.17, 15) is 13.2 Å². The van der Waals surface area contributed by atoms with Crippen LogP contribution in [0.3, 0.4) is 0 Å². The number of H-pyrrole nitrogens is 1. The summed E-state index contributed by atoms with van der Waals surface area (Å²) in [6.07, 6.45) is -0.0894. The molecule has 6 rings (SSSR count). The molecule has 2 aliphatic heterocycles. The zero-order valence-electron chi connectivity index (χ0n) is 17.9. The number of aromatic amines is 1. The van der Waals surface area contributed by atoms with Crippen LogP contribution in [-0.4, -0.2) is 65.4 Å². The molecule has 2 saturated heterocycles. The van der Waals surface area contributed by atoms with Gasteiger partial charge in [0.15, 0.2) is 0 Å². The maximum absolute atomic E-state index is 13.9. The van der Waals surface area contributed by atoms with Crippen molar-refractivity contribution in [1.29, 1.82) is 0 Å². The van der Waals surface area contributed by atoms with Gasteiger partial charge in [-0.25, -0.2) is 15.0 Å². The fourth-order valence-corrected chi connectivity index (χ4v) is 4.97. The lowest BCUT2D eigenvalue weighted by Gasteiger charge is -2.56. The first-order valence-electron chi connectivity index (χ1n) is 11.2. The van der Waals surface area contributed by atoms with Gasteiger partial charge in [0.05, 0.1) is 18.9 Å². The van der Waals surface area contributed by atoms with Crippen molar-refractivity contribution in [2.45, 2.75) is 25.1 Å². The van der Waals surface area contributed by atoms with Crippen molar-refractivity contribution in [3.63, 3.8) is 0 Å². The topological polar surface area (TPSA) is 91.0 Å². The molecule has 3 fully saturated rings. The molecule has 1 saturated carbocycles. The second kappa shape index (κ2) is 7.56. The molecule has 8 nitrogen and oxygen atoms in total. The van der Waals surface area contributed by atoms with E-state index in [0.717, 1.165) is 51.0 Å². The number of anilines is 2. The molecule has 1 atom stereocenters. The van der Waals surface area contributed by atoms with Crippen LogP contribution in [-0.2, 0) is 10.9 Å². The first-order chi connectivity index (χ1) is 15.9. The molecule has 3 aliphatic rings. The highest BCUT2D eigenvalue weighted by Gasteiger charge is 2.51. The van der Waals surface area contributed by atoms with E-state index in [-0.39, 0.29) is 23.1 Å². The Morgan fingerprint density at radius 3 is 2.64 bits per heavy atom. The third-order valence-corrected chi connectivity index (χ3v) is 7.14. The zero-order chi connectivity index (χ0) is 22.6. The SMILES string of the molecule is FC(F)(F)c1cnc(NC2CCC23CNC3)nc1-c1c[nH]c2nc(N3CCOCC3)ccc12. The lowest BCUT2D eigenvalue weighted by atomic mass is 9.60. The lowest BCUT2D eigenvalue weighted by Crippen LogP contribution is -2.67. The van der Waals surface area contributed by atoms with Crippen molar-refractivity contribution in [3.8, 4) is 11.3 Å². The number of pyridine rings is 1. The van der Waals surface area contributed by atoms with Gasteiger partial charge in [0.1, 0.15) is 17.0 Å². The average Bonchev–Trinajstić information content (AvgIpc) is 3.19. The summed E-state index contributed by atoms with van der Waals surface area (Å²) >= 11 is 0. The predicted octanol–water partition coefficient (Wildman–Crippen LogP) is 3.04. The first kappa shape index (κ1) is 20.7. The van der Waals surface area contributed by atoms with Crippen LogP contribution in [0, 0.1) is 5.41 Å². The Kier molecular flexibility index (Phi) is 4.73. The minimum atomic E-state index is -4.58. The number of halogens is 3. The summed E-state index contributed by atoms with van der Waals surface area (Å²) in [5, 5.41) is 7.15. The summed E-state index contributed by atoms with van der Waals surface area (Å²) in [7, 11) is 0. The van der Waals surface area contributed by atoms with Crippen molar-refractivity contribution < 1.29 is 17.9 Å². The van der Waals surface area contributed by atoms with Crippen LogP contribution < -0.4 is 15.5 Å². The van der Waals surface area contributed by atoms with Crippen LogP contribution in [0.15, 0.2) is 24.5 Å². The second-order valence-electron chi connectivity index (χ2n) is 9.02. The van der Waals surface area contributed by atoms with Gasteiger partial charge in [0.2, 0.25) is 5.95 Å². The van der Waals surface area contributed by atoms with E-state index in [2.05, 4.69) is 35.5 Å². The van der Waals surface area contributed by atoms with Crippen molar-refractivity contribution in [3.05, 3.63) is 30.1 Å². The number of alkyl halides is 3. The van der Waals surface area contributed by atoms with Crippen molar-refractivity contribution in [1.82, 2.24) is 25.3 Å². The van der Waals surface area contributed by atoms with Crippen LogP contribution in [0.1, 0.15) is 18.4 Å². The first-order valence-corrected chi connectivity index (χ1v) is 11.2. The molecule has 1 spiro atoms. The maximum Gasteiger partial charge on any atom is 0.419 e. The highest BCUT2D eigenvalue weighted by molar-refractivity contribution is 5.94. The molecular formula is C22H24F3N7O. The van der Waals surface area contributed by atoms with Gasteiger partial charge < -0.3 is 25.3 Å². The molecule has 0 radical (unpaired) electrons. The van der Waals surface area contributed by atoms with Crippen LogP contribution in [0.25, 0.3) is 22.3 Å². The normalized spacial score (nSPS) is 22.3. The van der Waals surface area contributed by atoms with E-state index in [0.29, 0.717) is 29.8 Å². The maximum atomic E-state index is 13.9. The number of rotatable bonds is 4. The highest BCUT2D eigenvalue weighted by atomic mass is 19.4. The average molecular weight is 459 g/mol. The second-order valence-corrected chi connectivity index (χ2v) is 9.02. The summed E-state index contributed by atoms with van der Waals surface area (Å²) in [6, 6.07) is 3.80. The standard InChI is InChI=1S/C22H24F3N7O/c23-22(24,25)15-10-28-20(29-16-3-4-21(16)11-26-12-21)31-18(15)14-9-27-19-13(14)1-2-17(30-19)32-5-7-33-8-6-32/h1-2,9-10,16,26H,3-8,11-12H2,(H,27,30)(H,28,29,31). The quantitative estimate of drug-likeness (QED) is 0.553. The molecular weight excluding hydrogens is 435 g/mol. The summed E-state index contributed by atoms with van der Waals surface area (Å²) in [5.41, 5.74) is 0.0468. The van der Waals surface area contributed by atoms with E-state index in [4.69, 9.17) is 4.74 Å². The van der Waals surface area contributed by atoms with Gasteiger partial charge in [-0.15, -0.1) is 0 Å². The smallest absolute Gasteiger partial charge is 0.378 e. The van der Waals surface area contributed by atoms with E-state index in [1.807, 2.05) is 6.07 Å². The van der Waals surface area contributed by atoms with Gasteiger partial charge in [-0.05, 0) is 25.0 Å². The molecule has 0 bridgehead atoms. The number of hydrogen-bond donors (Lipinski definition) is 3. The van der Waals surface area contributed by atoms with E-state index >= 15 is 0 Å². The molecule has 3 aromatic rings. The minimum absolute atomic E-state index is 0.146. The third kappa shape index (κ3) is 3.50. The molecule has 5 heterocycles. The Bertz CT molecular complexity index is 1180. The molecule has 33 heavy (non-hydrogen) atoms. The third-order valence-electron chi connectivity index (χ3n) is 7.14. The Hall–Kier alpha value is -2.92. The number of morpholine rings is 1. The van der Waals surface area contributed by atoms with Crippen LogP contribution in [0.2, 0.25) is 0 Å². The van der Waals surface area contributed by atoms with E-state index in [1.165, 1.54) is 0 Å². The molecule has 174 valence electrons. The number of hydrogen-bond acceptors (Lipinski definition) is 7. The summed E-state index contributed by atoms with van der Waals surface area (Å²) in [5.74, 6) is 0.992. The fourth-order valence-electron chi connectivity index (χ4n) is 4.97. The van der Waals surface area contributed by atoms with Crippen LogP contribution in [0.5, 0.6) is 0 Å². The fraction of sp³-hybridized carbons (Fsp3) is 0.500. The minimum Gasteiger partial charge on any atom is -0.378 e. The Morgan fingerprint density at radius 1 is 1.15 bits per heavy atom. The molecule has 11 heteroatoms. The summed E-state index contributed by atoms with van der Waals surface area (Å²) < 4.78 is 46.9. The molecule has 3 N–H and O–H groups in total. The van der Waals surface area contributed by atoms with Gasteiger partial charge in [0.25, 0.3) is 0 Å². The Labute approximate surface area is 188 Å². The van der Waals surface area contributed by atoms with Gasteiger partial charge in [-0.3, -0.25) is 0 Å². The molecule has 1 unspecified atom stereocenters. The van der Waals surface area contributed by atoms with Crippen molar-refractivity contribution in [2.24, 2.45) is 5.41 Å². The van der Waals surface area contributed by atoms with Gasteiger partial charge in [-0.1, -0.05) is 0 Å². The summed E-state index contributed by atoms with van der Waals surface area (Å²) in [6.45, 7) is 4.53. The number of nitrogens with zero attached hydrogens (tertiary/aromatic N) is 4. The van der Waals surface area contributed by atoms with Crippen LogP contribution in [0.4, 0.5) is 24.9 Å². The van der Waals surface area contributed by atoms with Gasteiger partial charge in [-0.2, -0.15) is 13.2 Å². The largest absolute Gasteiger partial charge is 0.419 e. The Morgan fingerprint density at radius 2 is 1.97 bits per heavy atom. The lowest BCUT2D eigenvalue weighted by molar-refractivity contribution is -0.137. The predicted molar refractivity (Wildman–Crippen MR) is 117 cm³/mol. The molecule has 3 aromatic heterocycles.